The Hall–Kier alpha value is -3.22. The number of ether oxygens (including phenoxy) is 1. The maximum Gasteiger partial charge on any atom is 0.237 e. The molecule has 0 unspecified atom stereocenters. The number of aryl methyl sites for hydroxylation is 1. The second-order valence-electron chi connectivity index (χ2n) is 8.00. The number of likely N-dealkylation sites (N-methyl/N-ethyl adjacent to an activating group) is 1. The molecule has 1 heterocycles. The molecule has 0 spiro atoms. The van der Waals surface area contributed by atoms with Crippen molar-refractivity contribution in [3.8, 4) is 11.3 Å². The highest BCUT2D eigenvalue weighted by Gasteiger charge is 2.37. The molecule has 1 aromatic heterocycles. The summed E-state index contributed by atoms with van der Waals surface area (Å²) in [6.07, 6.45) is 0. The smallest absolute Gasteiger partial charge is 0.237 e. The van der Waals surface area contributed by atoms with Crippen molar-refractivity contribution >= 4 is 22.3 Å². The molecule has 160 valence electrons. The number of hydrogen-bond donors (Lipinski definition) is 1. The van der Waals surface area contributed by atoms with Crippen LogP contribution >= 0.6 is 0 Å². The van der Waals surface area contributed by atoms with E-state index in [-0.39, 0.29) is 6.54 Å². The second kappa shape index (κ2) is 8.13. The molecule has 6 nitrogen and oxygen atoms in total. The Bertz CT molecular complexity index is 1220. The van der Waals surface area contributed by atoms with Gasteiger partial charge in [0.05, 0.1) is 18.7 Å². The molecule has 0 aliphatic heterocycles. The van der Waals surface area contributed by atoms with Crippen LogP contribution in [0.1, 0.15) is 37.6 Å². The van der Waals surface area contributed by atoms with Crippen LogP contribution in [0.3, 0.4) is 0 Å². The number of ketones is 2. The van der Waals surface area contributed by atoms with Gasteiger partial charge in [0.1, 0.15) is 23.9 Å². The lowest BCUT2D eigenvalue weighted by Gasteiger charge is -2.16. The first-order chi connectivity index (χ1) is 14.8. The highest BCUT2D eigenvalue weighted by Crippen LogP contribution is 2.41. The van der Waals surface area contributed by atoms with Crippen LogP contribution in [0.25, 0.3) is 22.1 Å². The van der Waals surface area contributed by atoms with Crippen molar-refractivity contribution < 1.29 is 18.7 Å². The standard InChI is InChI=1S/C25H26N2O4/c1-14-6-5-7-18-17(14)8-9-19-22(18)24(29)23(28)21-16(3)20(31-25(19)21)13-27(4)10-11-30-15(2)12-26/h5-9H,2,10-13,26H2,1,3-4H3. The van der Waals surface area contributed by atoms with E-state index in [1.807, 2.05) is 56.1 Å². The summed E-state index contributed by atoms with van der Waals surface area (Å²) >= 11 is 0. The maximum absolute atomic E-state index is 13.1. The Kier molecular flexibility index (Phi) is 5.52. The van der Waals surface area contributed by atoms with Gasteiger partial charge in [-0.15, -0.1) is 0 Å². The van der Waals surface area contributed by atoms with E-state index >= 15 is 0 Å². The quantitative estimate of drug-likeness (QED) is 0.461. The molecule has 0 radical (unpaired) electrons. The summed E-state index contributed by atoms with van der Waals surface area (Å²) in [6.45, 7) is 9.42. The molecule has 0 saturated carbocycles. The zero-order chi connectivity index (χ0) is 22.3. The molecule has 0 saturated heterocycles. The second-order valence-corrected chi connectivity index (χ2v) is 8.00. The van der Waals surface area contributed by atoms with Gasteiger partial charge < -0.3 is 14.9 Å². The van der Waals surface area contributed by atoms with Crippen molar-refractivity contribution in [1.82, 2.24) is 4.90 Å². The molecule has 4 rings (SSSR count). The minimum Gasteiger partial charge on any atom is -0.496 e. The first-order valence-corrected chi connectivity index (χ1v) is 10.3. The summed E-state index contributed by atoms with van der Waals surface area (Å²) < 4.78 is 11.6. The Labute approximate surface area is 181 Å². The molecule has 1 aliphatic rings. The Balaban J connectivity index is 1.70. The highest BCUT2D eigenvalue weighted by atomic mass is 16.5. The number of Topliss-reactive ketones (excluding diaryl/α,β-unsaturated/α-hetero) is 2. The lowest BCUT2D eigenvalue weighted by molar-refractivity contribution is 0.0815. The van der Waals surface area contributed by atoms with Crippen molar-refractivity contribution in [3.63, 3.8) is 0 Å². The first kappa shape index (κ1) is 21.0. The van der Waals surface area contributed by atoms with E-state index in [1.54, 1.807) is 0 Å². The molecule has 0 bridgehead atoms. The summed E-state index contributed by atoms with van der Waals surface area (Å²) in [4.78, 5) is 28.2. The van der Waals surface area contributed by atoms with Gasteiger partial charge in [-0.2, -0.15) is 0 Å². The third kappa shape index (κ3) is 3.58. The largest absolute Gasteiger partial charge is 0.496 e. The van der Waals surface area contributed by atoms with Gasteiger partial charge in [-0.1, -0.05) is 30.8 Å². The molecule has 6 heteroatoms. The SMILES string of the molecule is C=C(CN)OCCN(C)Cc1oc2c(c1C)C(=O)C(=O)c1c-2ccc2c(C)cccc12. The van der Waals surface area contributed by atoms with E-state index in [0.29, 0.717) is 59.2 Å². The van der Waals surface area contributed by atoms with Crippen LogP contribution < -0.4 is 5.73 Å². The monoisotopic (exact) mass is 418 g/mol. The molecule has 31 heavy (non-hydrogen) atoms. The number of carbonyl (C=O) groups excluding carboxylic acids is 2. The average molecular weight is 418 g/mol. The first-order valence-electron chi connectivity index (χ1n) is 10.3. The third-order valence-corrected chi connectivity index (χ3v) is 5.85. The van der Waals surface area contributed by atoms with Crippen molar-refractivity contribution in [2.75, 3.05) is 26.7 Å². The van der Waals surface area contributed by atoms with Crippen molar-refractivity contribution in [3.05, 3.63) is 70.7 Å². The van der Waals surface area contributed by atoms with Crippen molar-refractivity contribution in [2.45, 2.75) is 20.4 Å². The summed E-state index contributed by atoms with van der Waals surface area (Å²) in [6, 6.07) is 9.66. The average Bonchev–Trinajstić information content (AvgIpc) is 3.07. The van der Waals surface area contributed by atoms with Gasteiger partial charge in [0.15, 0.2) is 0 Å². The molecule has 0 amide bonds. The number of nitrogens with two attached hydrogens (primary N) is 1. The van der Waals surface area contributed by atoms with Crippen LogP contribution in [0, 0.1) is 13.8 Å². The van der Waals surface area contributed by atoms with Crippen LogP contribution in [0.2, 0.25) is 0 Å². The van der Waals surface area contributed by atoms with Crippen LogP contribution in [-0.2, 0) is 11.3 Å². The molecule has 2 N–H and O–H groups in total. The molecule has 1 aliphatic carbocycles. The zero-order valence-electron chi connectivity index (χ0n) is 18.1. The summed E-state index contributed by atoms with van der Waals surface area (Å²) in [5, 5.41) is 1.75. The number of carbonyl (C=O) groups is 2. The number of nitrogens with zero attached hydrogens (tertiary/aromatic N) is 1. The number of hydrogen-bond acceptors (Lipinski definition) is 6. The minimum absolute atomic E-state index is 0.289. The summed E-state index contributed by atoms with van der Waals surface area (Å²) in [5.74, 6) is 0.715. The van der Waals surface area contributed by atoms with E-state index in [2.05, 4.69) is 6.58 Å². The van der Waals surface area contributed by atoms with Gasteiger partial charge in [-0.25, -0.2) is 0 Å². The lowest BCUT2D eigenvalue weighted by atomic mass is 9.83. The van der Waals surface area contributed by atoms with Crippen molar-refractivity contribution in [1.29, 1.82) is 0 Å². The summed E-state index contributed by atoms with van der Waals surface area (Å²) in [7, 11) is 1.94. The van der Waals surface area contributed by atoms with E-state index < -0.39 is 11.6 Å². The zero-order valence-corrected chi connectivity index (χ0v) is 18.1. The molecule has 2 aromatic carbocycles. The predicted octanol–water partition coefficient (Wildman–Crippen LogP) is 4.02. The maximum atomic E-state index is 13.1. The van der Waals surface area contributed by atoms with E-state index in [0.717, 1.165) is 16.3 Å². The van der Waals surface area contributed by atoms with Gasteiger partial charge in [0, 0.05) is 23.2 Å². The molecular weight excluding hydrogens is 392 g/mol. The van der Waals surface area contributed by atoms with Gasteiger partial charge in [-0.3, -0.25) is 14.5 Å². The number of benzene rings is 2. The lowest BCUT2D eigenvalue weighted by Crippen LogP contribution is -2.23. The highest BCUT2D eigenvalue weighted by molar-refractivity contribution is 6.54. The number of fused-ring (bicyclic) bond motifs is 5. The Morgan fingerprint density at radius 2 is 1.84 bits per heavy atom. The topological polar surface area (TPSA) is 85.8 Å². The van der Waals surface area contributed by atoms with E-state index in [4.69, 9.17) is 14.9 Å². The van der Waals surface area contributed by atoms with Crippen LogP contribution in [0.5, 0.6) is 0 Å². The Morgan fingerprint density at radius 1 is 1.10 bits per heavy atom. The van der Waals surface area contributed by atoms with Gasteiger partial charge >= 0.3 is 0 Å². The van der Waals surface area contributed by atoms with Crippen LogP contribution in [-0.4, -0.2) is 43.2 Å². The minimum atomic E-state index is -0.505. The van der Waals surface area contributed by atoms with Crippen LogP contribution in [0.15, 0.2) is 47.1 Å². The van der Waals surface area contributed by atoms with Gasteiger partial charge in [0.2, 0.25) is 11.6 Å². The predicted molar refractivity (Wildman–Crippen MR) is 120 cm³/mol. The van der Waals surface area contributed by atoms with Crippen molar-refractivity contribution in [2.24, 2.45) is 5.73 Å². The fourth-order valence-corrected chi connectivity index (χ4v) is 4.08. The summed E-state index contributed by atoms with van der Waals surface area (Å²) in [5.41, 5.74) is 8.74. The Morgan fingerprint density at radius 3 is 2.58 bits per heavy atom. The third-order valence-electron chi connectivity index (χ3n) is 5.85. The van der Waals surface area contributed by atoms with Gasteiger partial charge in [0.25, 0.3) is 0 Å². The molecule has 0 atom stereocenters. The molecule has 0 fully saturated rings. The molecular formula is C25H26N2O4. The van der Waals surface area contributed by atoms with Gasteiger partial charge in [-0.05, 0) is 43.3 Å². The fourth-order valence-electron chi connectivity index (χ4n) is 4.08. The number of furan rings is 1. The normalized spacial score (nSPS) is 12.9. The number of rotatable bonds is 7. The van der Waals surface area contributed by atoms with E-state index in [9.17, 15) is 9.59 Å². The van der Waals surface area contributed by atoms with Crippen LogP contribution in [0.4, 0.5) is 0 Å². The molecule has 3 aromatic rings. The van der Waals surface area contributed by atoms with E-state index in [1.165, 1.54) is 0 Å². The fraction of sp³-hybridized carbons (Fsp3) is 0.280.